The maximum Gasteiger partial charge on any atom is 0.323 e. The molecule has 1 amide bonds. The Kier molecular flexibility index (Phi) is 4.81. The van der Waals surface area contributed by atoms with Crippen molar-refractivity contribution in [1.29, 1.82) is 0 Å². The van der Waals surface area contributed by atoms with Gasteiger partial charge in [-0.2, -0.15) is 0 Å². The summed E-state index contributed by atoms with van der Waals surface area (Å²) in [6, 6.07) is 4.39. The number of benzene rings is 1. The summed E-state index contributed by atoms with van der Waals surface area (Å²) in [6.07, 6.45) is 0.513. The number of hydrogen-bond donors (Lipinski definition) is 2. The van der Waals surface area contributed by atoms with E-state index in [9.17, 15) is 14.0 Å². The van der Waals surface area contributed by atoms with Gasteiger partial charge in [0, 0.05) is 12.0 Å². The number of amides is 1. The summed E-state index contributed by atoms with van der Waals surface area (Å²) >= 11 is 0. The Morgan fingerprint density at radius 1 is 1.32 bits per heavy atom. The highest BCUT2D eigenvalue weighted by molar-refractivity contribution is 5.85. The van der Waals surface area contributed by atoms with Gasteiger partial charge in [0.1, 0.15) is 17.9 Å². The number of ether oxygens (including phenoxy) is 1. The summed E-state index contributed by atoms with van der Waals surface area (Å²) in [5.74, 6) is -1.01. The van der Waals surface area contributed by atoms with Crippen LogP contribution in [0, 0.1) is 5.82 Å². The molecular weight excluding hydrogens is 287 g/mol. The lowest BCUT2D eigenvalue weighted by atomic mass is 10.0. The highest BCUT2D eigenvalue weighted by atomic mass is 19.1. The predicted molar refractivity (Wildman–Crippen MR) is 79.5 cm³/mol. The topological polar surface area (TPSA) is 67.4 Å². The third-order valence-corrected chi connectivity index (χ3v) is 3.27. The Balaban J connectivity index is 2.21. The highest BCUT2D eigenvalue weighted by Gasteiger charge is 2.33. The Morgan fingerprint density at radius 2 is 1.95 bits per heavy atom. The van der Waals surface area contributed by atoms with Gasteiger partial charge >= 0.3 is 5.97 Å². The average Bonchev–Trinajstić information content (AvgIpc) is 2.80. The number of halogens is 1. The smallest absolute Gasteiger partial charge is 0.323 e. The van der Waals surface area contributed by atoms with E-state index in [0.717, 1.165) is 0 Å². The molecule has 0 radical (unpaired) electrons. The van der Waals surface area contributed by atoms with Gasteiger partial charge in [0.05, 0.1) is 6.61 Å². The fraction of sp³-hybridized carbons (Fsp3) is 0.500. The van der Waals surface area contributed by atoms with E-state index in [-0.39, 0.29) is 17.7 Å². The molecule has 1 heterocycles. The number of rotatable bonds is 4. The summed E-state index contributed by atoms with van der Waals surface area (Å²) < 4.78 is 18.0. The van der Waals surface area contributed by atoms with Crippen molar-refractivity contribution in [2.45, 2.75) is 44.8 Å². The van der Waals surface area contributed by atoms with Crippen molar-refractivity contribution in [3.8, 4) is 0 Å². The van der Waals surface area contributed by atoms with Crippen LogP contribution < -0.4 is 10.6 Å². The molecule has 2 atom stereocenters. The third kappa shape index (κ3) is 4.27. The molecule has 1 aliphatic heterocycles. The average molecular weight is 308 g/mol. The molecule has 0 aromatic heterocycles. The van der Waals surface area contributed by atoms with E-state index < -0.39 is 17.6 Å². The standard InChI is InChI=1S/C16H21FN2O3/c1-16(2,3)19-14(20)13(10-4-6-11(17)7-5-10)18-12-8-9-22-15(12)21/h4-7,12-13,18H,8-9H2,1-3H3,(H,19,20)/t12-,13-/m0/s1. The number of carbonyl (C=O) groups is 2. The van der Waals surface area contributed by atoms with E-state index in [2.05, 4.69) is 10.6 Å². The quantitative estimate of drug-likeness (QED) is 0.831. The molecule has 0 saturated carbocycles. The third-order valence-electron chi connectivity index (χ3n) is 3.27. The maximum absolute atomic E-state index is 13.1. The first kappa shape index (κ1) is 16.4. The predicted octanol–water partition coefficient (Wildman–Crippen LogP) is 1.69. The molecule has 0 spiro atoms. The van der Waals surface area contributed by atoms with Crippen LogP contribution in [-0.2, 0) is 14.3 Å². The molecule has 120 valence electrons. The van der Waals surface area contributed by atoms with Gasteiger partial charge in [0.2, 0.25) is 5.91 Å². The largest absolute Gasteiger partial charge is 0.464 e. The van der Waals surface area contributed by atoms with E-state index in [0.29, 0.717) is 18.6 Å². The van der Waals surface area contributed by atoms with E-state index in [1.54, 1.807) is 0 Å². The number of esters is 1. The van der Waals surface area contributed by atoms with Crippen molar-refractivity contribution in [2.24, 2.45) is 0 Å². The summed E-state index contributed by atoms with van der Waals surface area (Å²) in [6.45, 7) is 5.96. The Morgan fingerprint density at radius 3 is 2.45 bits per heavy atom. The van der Waals surface area contributed by atoms with Crippen LogP contribution in [0.15, 0.2) is 24.3 Å². The van der Waals surface area contributed by atoms with Crippen LogP contribution in [0.2, 0.25) is 0 Å². The van der Waals surface area contributed by atoms with E-state index in [1.807, 2.05) is 20.8 Å². The van der Waals surface area contributed by atoms with Crippen LogP contribution in [0.4, 0.5) is 4.39 Å². The van der Waals surface area contributed by atoms with Crippen molar-refractivity contribution in [3.05, 3.63) is 35.6 Å². The van der Waals surface area contributed by atoms with Gasteiger partial charge in [0.15, 0.2) is 0 Å². The first-order valence-corrected chi connectivity index (χ1v) is 7.26. The minimum Gasteiger partial charge on any atom is -0.464 e. The second kappa shape index (κ2) is 6.44. The summed E-state index contributed by atoms with van der Waals surface area (Å²) in [5, 5.41) is 5.89. The first-order valence-electron chi connectivity index (χ1n) is 7.26. The number of hydrogen-bond acceptors (Lipinski definition) is 4. The molecule has 0 unspecified atom stereocenters. The minimum absolute atomic E-state index is 0.265. The lowest BCUT2D eigenvalue weighted by Gasteiger charge is -2.27. The zero-order chi connectivity index (χ0) is 16.3. The van der Waals surface area contributed by atoms with Gasteiger partial charge in [-0.25, -0.2) is 4.39 Å². The molecule has 22 heavy (non-hydrogen) atoms. The fourth-order valence-electron chi connectivity index (χ4n) is 2.27. The lowest BCUT2D eigenvalue weighted by Crippen LogP contribution is -2.49. The summed E-state index contributed by atoms with van der Waals surface area (Å²) in [5.41, 5.74) is 0.190. The molecule has 1 saturated heterocycles. The summed E-state index contributed by atoms with van der Waals surface area (Å²) in [7, 11) is 0. The van der Waals surface area contributed by atoms with E-state index >= 15 is 0 Å². The van der Waals surface area contributed by atoms with Gasteiger partial charge in [-0.15, -0.1) is 0 Å². The number of nitrogens with one attached hydrogen (secondary N) is 2. The van der Waals surface area contributed by atoms with Gasteiger partial charge < -0.3 is 10.1 Å². The molecule has 6 heteroatoms. The Bertz CT molecular complexity index is 552. The second-order valence-corrected chi connectivity index (χ2v) is 6.40. The first-order chi connectivity index (χ1) is 10.3. The molecule has 0 bridgehead atoms. The van der Waals surface area contributed by atoms with Crippen LogP contribution in [0.3, 0.4) is 0 Å². The van der Waals surface area contributed by atoms with Crippen LogP contribution in [0.1, 0.15) is 38.8 Å². The van der Waals surface area contributed by atoms with Crippen molar-refractivity contribution in [1.82, 2.24) is 10.6 Å². The summed E-state index contributed by atoms with van der Waals surface area (Å²) in [4.78, 5) is 24.1. The van der Waals surface area contributed by atoms with Gasteiger partial charge in [-0.05, 0) is 38.5 Å². The number of carbonyl (C=O) groups excluding carboxylic acids is 2. The SMILES string of the molecule is CC(C)(C)NC(=O)[C@@H](N[C@H]1CCOC1=O)c1ccc(F)cc1. The molecule has 1 aliphatic rings. The van der Waals surface area contributed by atoms with Gasteiger partial charge in [-0.1, -0.05) is 12.1 Å². The van der Waals surface area contributed by atoms with Crippen molar-refractivity contribution in [3.63, 3.8) is 0 Å². The lowest BCUT2D eigenvalue weighted by molar-refractivity contribution is -0.140. The Hall–Kier alpha value is -1.95. The molecule has 2 rings (SSSR count). The molecule has 1 fully saturated rings. The zero-order valence-corrected chi connectivity index (χ0v) is 13.0. The zero-order valence-electron chi connectivity index (χ0n) is 13.0. The molecular formula is C16H21FN2O3. The van der Waals surface area contributed by atoms with Crippen LogP contribution in [-0.4, -0.2) is 30.1 Å². The van der Waals surface area contributed by atoms with Crippen LogP contribution in [0.25, 0.3) is 0 Å². The van der Waals surface area contributed by atoms with Crippen molar-refractivity contribution < 1.29 is 18.7 Å². The minimum atomic E-state index is -0.740. The van der Waals surface area contributed by atoms with Gasteiger partial charge in [0.25, 0.3) is 0 Å². The molecule has 1 aromatic rings. The maximum atomic E-state index is 13.1. The fourth-order valence-corrected chi connectivity index (χ4v) is 2.27. The van der Waals surface area contributed by atoms with Crippen LogP contribution in [0.5, 0.6) is 0 Å². The molecule has 5 nitrogen and oxygen atoms in total. The van der Waals surface area contributed by atoms with Gasteiger partial charge in [-0.3, -0.25) is 14.9 Å². The molecule has 1 aromatic carbocycles. The second-order valence-electron chi connectivity index (χ2n) is 6.40. The monoisotopic (exact) mass is 308 g/mol. The van der Waals surface area contributed by atoms with Crippen molar-refractivity contribution in [2.75, 3.05) is 6.61 Å². The van der Waals surface area contributed by atoms with Crippen molar-refractivity contribution >= 4 is 11.9 Å². The molecule has 2 N–H and O–H groups in total. The highest BCUT2D eigenvalue weighted by Crippen LogP contribution is 2.19. The molecule has 0 aliphatic carbocycles. The number of cyclic esters (lactones) is 1. The van der Waals surface area contributed by atoms with E-state index in [4.69, 9.17) is 4.74 Å². The Labute approximate surface area is 129 Å². The van der Waals surface area contributed by atoms with E-state index in [1.165, 1.54) is 24.3 Å². The normalized spacial score (nSPS) is 19.6. The van der Waals surface area contributed by atoms with Crippen LogP contribution >= 0.6 is 0 Å².